The summed E-state index contributed by atoms with van der Waals surface area (Å²) in [5.41, 5.74) is -0.124. The van der Waals surface area contributed by atoms with Crippen LogP contribution in [-0.4, -0.2) is 19.5 Å². The van der Waals surface area contributed by atoms with Gasteiger partial charge >= 0.3 is 5.97 Å². The number of aromatic carboxylic acids is 1. The molecule has 0 amide bonds. The van der Waals surface area contributed by atoms with E-state index in [2.05, 4.69) is 0 Å². The Morgan fingerprint density at radius 2 is 1.76 bits per heavy atom. The number of benzene rings is 2. The van der Waals surface area contributed by atoms with Crippen LogP contribution in [0.25, 0.3) is 0 Å². The van der Waals surface area contributed by atoms with Crippen molar-refractivity contribution in [3.8, 4) is 0 Å². The van der Waals surface area contributed by atoms with Crippen LogP contribution in [0.3, 0.4) is 0 Å². The number of carboxylic acid groups (broad SMARTS) is 1. The van der Waals surface area contributed by atoms with E-state index in [4.69, 9.17) is 16.7 Å². The second kappa shape index (κ2) is 6.07. The summed E-state index contributed by atoms with van der Waals surface area (Å²) in [5.74, 6) is -1.23. The molecule has 21 heavy (non-hydrogen) atoms. The summed E-state index contributed by atoms with van der Waals surface area (Å²) < 4.78 is 22.6. The highest BCUT2D eigenvalue weighted by Gasteiger charge is 2.16. The molecule has 0 atom stereocenters. The van der Waals surface area contributed by atoms with Crippen molar-refractivity contribution in [1.29, 1.82) is 0 Å². The Hall–Kier alpha value is -1.54. The maximum Gasteiger partial charge on any atom is 0.336 e. The fraction of sp³-hybridized carbons (Fsp3) is 0. The molecular weight excluding hydrogens is 334 g/mol. The molecule has 0 radical (unpaired) electrons. The van der Waals surface area contributed by atoms with Gasteiger partial charge in [-0.3, -0.25) is 0 Å². The fourth-order valence-electron chi connectivity index (χ4n) is 1.57. The Labute approximate surface area is 130 Å². The fourth-order valence-corrected chi connectivity index (χ4v) is 3.16. The number of hydrogen-bond acceptors (Lipinski definition) is 4. The van der Waals surface area contributed by atoms with Gasteiger partial charge in [0.15, 0.2) is 0 Å². The molecule has 2 aromatic carbocycles. The van der Waals surface area contributed by atoms with Crippen LogP contribution in [0.15, 0.2) is 57.2 Å². The molecule has 0 saturated heterocycles. The lowest BCUT2D eigenvalue weighted by atomic mass is 10.2. The number of carboxylic acids is 1. The summed E-state index contributed by atoms with van der Waals surface area (Å²) in [7, 11) is -3.94. The van der Waals surface area contributed by atoms with Gasteiger partial charge in [-0.15, -0.1) is 0 Å². The summed E-state index contributed by atoms with van der Waals surface area (Å²) in [5, 5.41) is 14.8. The van der Waals surface area contributed by atoms with E-state index >= 15 is 0 Å². The zero-order chi connectivity index (χ0) is 15.6. The SMILES string of the molecule is NS(=O)(=O)c1ccc(Sc2ccc(Cl)cc2)c(C(=O)O)c1. The largest absolute Gasteiger partial charge is 0.478 e. The zero-order valence-corrected chi connectivity index (χ0v) is 12.9. The molecule has 0 bridgehead atoms. The minimum atomic E-state index is -3.94. The van der Waals surface area contributed by atoms with Crippen molar-refractivity contribution in [1.82, 2.24) is 0 Å². The van der Waals surface area contributed by atoms with E-state index in [9.17, 15) is 18.3 Å². The lowest BCUT2D eigenvalue weighted by Crippen LogP contribution is -2.13. The summed E-state index contributed by atoms with van der Waals surface area (Å²) >= 11 is 6.98. The molecule has 0 spiro atoms. The van der Waals surface area contributed by atoms with Gasteiger partial charge in [-0.2, -0.15) is 0 Å². The molecule has 0 aromatic heterocycles. The minimum absolute atomic E-state index is 0.124. The third kappa shape index (κ3) is 3.98. The van der Waals surface area contributed by atoms with Crippen LogP contribution >= 0.6 is 23.4 Å². The van der Waals surface area contributed by atoms with Gasteiger partial charge < -0.3 is 5.11 Å². The first kappa shape index (κ1) is 15.8. The molecule has 0 aliphatic rings. The first-order chi connectivity index (χ1) is 9.77. The topological polar surface area (TPSA) is 97.5 Å². The van der Waals surface area contributed by atoms with Gasteiger partial charge in [0.25, 0.3) is 0 Å². The Kier molecular flexibility index (Phi) is 4.58. The highest BCUT2D eigenvalue weighted by molar-refractivity contribution is 7.99. The summed E-state index contributed by atoms with van der Waals surface area (Å²) in [6.45, 7) is 0. The van der Waals surface area contributed by atoms with E-state index in [1.165, 1.54) is 23.9 Å². The normalized spacial score (nSPS) is 11.3. The molecule has 110 valence electrons. The average Bonchev–Trinajstić information content (AvgIpc) is 2.40. The molecule has 0 saturated carbocycles. The van der Waals surface area contributed by atoms with Gasteiger partial charge in [-0.25, -0.2) is 18.4 Å². The lowest BCUT2D eigenvalue weighted by Gasteiger charge is -2.08. The molecule has 0 aliphatic heterocycles. The molecule has 2 rings (SSSR count). The predicted molar refractivity (Wildman–Crippen MR) is 80.3 cm³/mol. The first-order valence-corrected chi connectivity index (χ1v) is 8.35. The van der Waals surface area contributed by atoms with Crippen LogP contribution < -0.4 is 5.14 Å². The summed E-state index contributed by atoms with van der Waals surface area (Å²) in [6, 6.07) is 10.6. The second-order valence-electron chi connectivity index (χ2n) is 4.06. The molecule has 2 aromatic rings. The molecule has 5 nitrogen and oxygen atoms in total. The highest BCUT2D eigenvalue weighted by Crippen LogP contribution is 2.32. The molecular formula is C13H10ClNO4S2. The molecule has 0 aliphatic carbocycles. The second-order valence-corrected chi connectivity index (χ2v) is 7.18. The molecule has 3 N–H and O–H groups in total. The van der Waals surface area contributed by atoms with Crippen LogP contribution in [0.2, 0.25) is 5.02 Å². The van der Waals surface area contributed by atoms with Crippen LogP contribution in [0.4, 0.5) is 0 Å². The van der Waals surface area contributed by atoms with Crippen molar-refractivity contribution in [2.24, 2.45) is 5.14 Å². The minimum Gasteiger partial charge on any atom is -0.478 e. The van der Waals surface area contributed by atoms with Crippen molar-refractivity contribution >= 4 is 39.4 Å². The molecule has 0 fully saturated rings. The predicted octanol–water partition coefficient (Wildman–Crippen LogP) is 2.84. The van der Waals surface area contributed by atoms with E-state index in [-0.39, 0.29) is 10.5 Å². The number of sulfonamides is 1. The van der Waals surface area contributed by atoms with Crippen molar-refractivity contribution in [2.45, 2.75) is 14.7 Å². The Morgan fingerprint density at radius 1 is 1.14 bits per heavy atom. The summed E-state index contributed by atoms with van der Waals surface area (Å²) in [4.78, 5) is 12.2. The smallest absolute Gasteiger partial charge is 0.336 e. The number of halogens is 1. The quantitative estimate of drug-likeness (QED) is 0.889. The maximum absolute atomic E-state index is 11.3. The van der Waals surface area contributed by atoms with Gasteiger partial charge in [-0.1, -0.05) is 23.4 Å². The molecule has 0 unspecified atom stereocenters. The maximum atomic E-state index is 11.3. The van der Waals surface area contributed by atoms with Gasteiger partial charge in [-0.05, 0) is 42.5 Å². The standard InChI is InChI=1S/C13H10ClNO4S2/c14-8-1-3-9(4-2-8)20-12-6-5-10(21(15,18)19)7-11(12)13(16)17/h1-7H,(H,16,17)(H2,15,18,19). The van der Waals surface area contributed by atoms with Crippen LogP contribution in [0.1, 0.15) is 10.4 Å². The van der Waals surface area contributed by atoms with Crippen LogP contribution in [0.5, 0.6) is 0 Å². The third-order valence-electron chi connectivity index (χ3n) is 2.55. The van der Waals surface area contributed by atoms with Gasteiger partial charge in [0.1, 0.15) is 0 Å². The number of carbonyl (C=O) groups is 1. The van der Waals surface area contributed by atoms with E-state index < -0.39 is 16.0 Å². The number of rotatable bonds is 4. The molecule has 0 heterocycles. The van der Waals surface area contributed by atoms with Gasteiger partial charge in [0.05, 0.1) is 10.5 Å². The number of hydrogen-bond donors (Lipinski definition) is 2. The number of nitrogens with two attached hydrogens (primary N) is 1. The van der Waals surface area contributed by atoms with E-state index in [0.717, 1.165) is 11.0 Å². The Balaban J connectivity index is 2.44. The van der Waals surface area contributed by atoms with Crippen LogP contribution in [0, 0.1) is 0 Å². The van der Waals surface area contributed by atoms with E-state index in [1.54, 1.807) is 24.3 Å². The highest BCUT2D eigenvalue weighted by atomic mass is 35.5. The zero-order valence-electron chi connectivity index (χ0n) is 10.5. The van der Waals surface area contributed by atoms with Crippen molar-refractivity contribution in [3.05, 3.63) is 53.1 Å². The first-order valence-electron chi connectivity index (χ1n) is 5.61. The molecule has 8 heteroatoms. The Bertz CT molecular complexity index is 788. The average molecular weight is 344 g/mol. The van der Waals surface area contributed by atoms with Gasteiger partial charge in [0, 0.05) is 14.8 Å². The Morgan fingerprint density at radius 3 is 2.29 bits per heavy atom. The summed E-state index contributed by atoms with van der Waals surface area (Å²) in [6.07, 6.45) is 0. The van der Waals surface area contributed by atoms with Gasteiger partial charge in [0.2, 0.25) is 10.0 Å². The van der Waals surface area contributed by atoms with Crippen molar-refractivity contribution in [3.63, 3.8) is 0 Å². The lowest BCUT2D eigenvalue weighted by molar-refractivity contribution is 0.0693. The third-order valence-corrected chi connectivity index (χ3v) is 4.80. The monoisotopic (exact) mass is 343 g/mol. The van der Waals surface area contributed by atoms with Crippen molar-refractivity contribution in [2.75, 3.05) is 0 Å². The van der Waals surface area contributed by atoms with Crippen molar-refractivity contribution < 1.29 is 18.3 Å². The van der Waals surface area contributed by atoms with Crippen LogP contribution in [-0.2, 0) is 10.0 Å². The van der Waals surface area contributed by atoms with E-state index in [0.29, 0.717) is 9.92 Å². The van der Waals surface area contributed by atoms with E-state index in [1.807, 2.05) is 0 Å². The number of primary sulfonamides is 1.